The second-order valence-corrected chi connectivity index (χ2v) is 6.53. The van der Waals surface area contributed by atoms with E-state index in [0.29, 0.717) is 28.5 Å². The molecule has 0 atom stereocenters. The van der Waals surface area contributed by atoms with Crippen molar-refractivity contribution in [1.82, 2.24) is 15.0 Å². The van der Waals surface area contributed by atoms with Gasteiger partial charge in [0, 0.05) is 34.8 Å². The Morgan fingerprint density at radius 2 is 2.15 bits per heavy atom. The van der Waals surface area contributed by atoms with Crippen molar-refractivity contribution in [2.24, 2.45) is 0 Å². The number of aromatic nitrogens is 3. The SMILES string of the molecule is N#Cc1[nH]c(=O)c(C2=C(F)CCC(Cl)=C2)cc1Nc1ccnc2[nH]ccc12. The third-order valence-corrected chi connectivity index (χ3v) is 4.65. The highest BCUT2D eigenvalue weighted by atomic mass is 35.5. The molecule has 27 heavy (non-hydrogen) atoms. The van der Waals surface area contributed by atoms with Crippen LogP contribution in [0.3, 0.4) is 0 Å². The van der Waals surface area contributed by atoms with Crippen LogP contribution < -0.4 is 10.9 Å². The summed E-state index contributed by atoms with van der Waals surface area (Å²) in [4.78, 5) is 22.1. The fourth-order valence-electron chi connectivity index (χ4n) is 3.03. The molecule has 3 heterocycles. The van der Waals surface area contributed by atoms with Crippen LogP contribution in [0, 0.1) is 11.3 Å². The molecular formula is C19H13ClFN5O. The Labute approximate surface area is 158 Å². The summed E-state index contributed by atoms with van der Waals surface area (Å²) in [6, 6.07) is 7.02. The predicted octanol–water partition coefficient (Wildman–Crippen LogP) is 4.46. The Bertz CT molecular complexity index is 1210. The normalized spacial score (nSPS) is 14.2. The van der Waals surface area contributed by atoms with E-state index in [9.17, 15) is 14.4 Å². The number of pyridine rings is 2. The van der Waals surface area contributed by atoms with Gasteiger partial charge in [-0.3, -0.25) is 4.79 Å². The van der Waals surface area contributed by atoms with Crippen molar-refractivity contribution < 1.29 is 4.39 Å². The number of nitrogens with zero attached hydrogens (tertiary/aromatic N) is 2. The van der Waals surface area contributed by atoms with Gasteiger partial charge in [0.25, 0.3) is 5.56 Å². The number of H-pyrrole nitrogens is 2. The highest BCUT2D eigenvalue weighted by Crippen LogP contribution is 2.33. The average molecular weight is 382 g/mol. The summed E-state index contributed by atoms with van der Waals surface area (Å²) >= 11 is 6.03. The van der Waals surface area contributed by atoms with Gasteiger partial charge in [-0.2, -0.15) is 5.26 Å². The molecular weight excluding hydrogens is 369 g/mol. The Morgan fingerprint density at radius 1 is 1.30 bits per heavy atom. The second kappa shape index (κ2) is 6.74. The number of anilines is 2. The Morgan fingerprint density at radius 3 is 2.96 bits per heavy atom. The van der Waals surface area contributed by atoms with Crippen LogP contribution >= 0.6 is 11.6 Å². The van der Waals surface area contributed by atoms with E-state index in [2.05, 4.69) is 20.3 Å². The Kier molecular flexibility index (Phi) is 4.26. The summed E-state index contributed by atoms with van der Waals surface area (Å²) in [6.07, 6.45) is 5.37. The lowest BCUT2D eigenvalue weighted by Gasteiger charge is -2.14. The molecule has 0 aromatic carbocycles. The van der Waals surface area contributed by atoms with E-state index in [0.717, 1.165) is 5.39 Å². The highest BCUT2D eigenvalue weighted by molar-refractivity contribution is 6.30. The van der Waals surface area contributed by atoms with Gasteiger partial charge in [0.2, 0.25) is 0 Å². The van der Waals surface area contributed by atoms with Crippen LogP contribution in [0.5, 0.6) is 0 Å². The van der Waals surface area contributed by atoms with Crippen molar-refractivity contribution in [2.75, 3.05) is 5.32 Å². The van der Waals surface area contributed by atoms with Gasteiger partial charge in [-0.1, -0.05) is 11.6 Å². The van der Waals surface area contributed by atoms with Crippen molar-refractivity contribution in [3.63, 3.8) is 0 Å². The van der Waals surface area contributed by atoms with Crippen LogP contribution in [-0.2, 0) is 0 Å². The van der Waals surface area contributed by atoms with Crippen LogP contribution in [-0.4, -0.2) is 15.0 Å². The maximum Gasteiger partial charge on any atom is 0.257 e. The molecule has 0 radical (unpaired) electrons. The Hall–Kier alpha value is -3.37. The van der Waals surface area contributed by atoms with E-state index in [4.69, 9.17) is 11.6 Å². The van der Waals surface area contributed by atoms with Crippen LogP contribution in [0.25, 0.3) is 16.6 Å². The number of hydrogen-bond donors (Lipinski definition) is 3. The van der Waals surface area contributed by atoms with Gasteiger partial charge in [-0.05, 0) is 30.7 Å². The molecule has 8 heteroatoms. The first kappa shape index (κ1) is 17.1. The lowest BCUT2D eigenvalue weighted by molar-refractivity contribution is 0.590. The molecule has 0 bridgehead atoms. The van der Waals surface area contributed by atoms with Crippen molar-refractivity contribution in [1.29, 1.82) is 5.26 Å². The van der Waals surface area contributed by atoms with Gasteiger partial charge in [-0.15, -0.1) is 0 Å². The topological polar surface area (TPSA) is 97.4 Å². The lowest BCUT2D eigenvalue weighted by atomic mass is 9.98. The predicted molar refractivity (Wildman–Crippen MR) is 102 cm³/mol. The van der Waals surface area contributed by atoms with Crippen molar-refractivity contribution >= 4 is 39.6 Å². The zero-order valence-corrected chi connectivity index (χ0v) is 14.7. The number of hydrogen-bond acceptors (Lipinski definition) is 4. The average Bonchev–Trinajstić information content (AvgIpc) is 3.15. The smallest absolute Gasteiger partial charge is 0.257 e. The van der Waals surface area contributed by atoms with Gasteiger partial charge in [0.1, 0.15) is 23.2 Å². The molecule has 4 rings (SSSR count). The monoisotopic (exact) mass is 381 g/mol. The first-order chi connectivity index (χ1) is 13.1. The quantitative estimate of drug-likeness (QED) is 0.623. The van der Waals surface area contributed by atoms with E-state index in [1.54, 1.807) is 18.5 Å². The number of nitriles is 1. The fourth-order valence-corrected chi connectivity index (χ4v) is 3.23. The maximum atomic E-state index is 14.3. The number of fused-ring (bicyclic) bond motifs is 1. The molecule has 0 unspecified atom stereocenters. The van der Waals surface area contributed by atoms with E-state index in [-0.39, 0.29) is 23.3 Å². The second-order valence-electron chi connectivity index (χ2n) is 6.05. The van der Waals surface area contributed by atoms with Gasteiger partial charge in [0.15, 0.2) is 0 Å². The third-order valence-electron chi connectivity index (χ3n) is 4.35. The van der Waals surface area contributed by atoms with E-state index in [1.807, 2.05) is 12.1 Å². The number of halogens is 2. The summed E-state index contributed by atoms with van der Waals surface area (Å²) < 4.78 is 14.3. The summed E-state index contributed by atoms with van der Waals surface area (Å²) in [6.45, 7) is 0. The van der Waals surface area contributed by atoms with Crippen LogP contribution in [0.15, 0.2) is 52.3 Å². The van der Waals surface area contributed by atoms with Crippen LogP contribution in [0.2, 0.25) is 0 Å². The molecule has 0 fully saturated rings. The third kappa shape index (κ3) is 3.11. The first-order valence-corrected chi connectivity index (χ1v) is 8.56. The number of aromatic amines is 2. The summed E-state index contributed by atoms with van der Waals surface area (Å²) in [5.74, 6) is -0.405. The molecule has 6 nitrogen and oxygen atoms in total. The van der Waals surface area contributed by atoms with E-state index >= 15 is 0 Å². The molecule has 1 aliphatic carbocycles. The number of nitrogens with one attached hydrogen (secondary N) is 3. The maximum absolute atomic E-state index is 14.3. The largest absolute Gasteiger partial charge is 0.353 e. The number of rotatable bonds is 3. The molecule has 0 saturated heterocycles. The Balaban J connectivity index is 1.85. The van der Waals surface area contributed by atoms with Gasteiger partial charge < -0.3 is 15.3 Å². The summed E-state index contributed by atoms with van der Waals surface area (Å²) in [5.41, 5.74) is 1.49. The molecule has 3 aromatic rings. The van der Waals surface area contributed by atoms with E-state index < -0.39 is 11.4 Å². The van der Waals surface area contributed by atoms with Crippen molar-refractivity contribution in [3.8, 4) is 6.07 Å². The molecule has 0 aliphatic heterocycles. The minimum atomic E-state index is -0.550. The molecule has 3 N–H and O–H groups in total. The van der Waals surface area contributed by atoms with Crippen LogP contribution in [0.1, 0.15) is 24.1 Å². The van der Waals surface area contributed by atoms with Crippen molar-refractivity contribution in [3.05, 3.63) is 69.1 Å². The van der Waals surface area contributed by atoms with Crippen molar-refractivity contribution in [2.45, 2.75) is 12.8 Å². The molecule has 1 aliphatic rings. The zero-order valence-electron chi connectivity index (χ0n) is 13.9. The minimum Gasteiger partial charge on any atom is -0.353 e. The molecule has 0 saturated carbocycles. The number of allylic oxidation sites excluding steroid dienone is 4. The summed E-state index contributed by atoms with van der Waals surface area (Å²) in [7, 11) is 0. The van der Waals surface area contributed by atoms with Gasteiger partial charge in [0.05, 0.1) is 16.9 Å². The van der Waals surface area contributed by atoms with E-state index in [1.165, 1.54) is 12.1 Å². The molecule has 0 amide bonds. The molecule has 0 spiro atoms. The van der Waals surface area contributed by atoms with Gasteiger partial charge in [-0.25, -0.2) is 9.37 Å². The molecule has 134 valence electrons. The molecule has 3 aromatic heterocycles. The fraction of sp³-hybridized carbons (Fsp3) is 0.105. The van der Waals surface area contributed by atoms with Crippen LogP contribution in [0.4, 0.5) is 15.8 Å². The minimum absolute atomic E-state index is 0.0520. The highest BCUT2D eigenvalue weighted by Gasteiger charge is 2.19. The first-order valence-electron chi connectivity index (χ1n) is 8.18. The standard InChI is InChI=1S/C19H13ClFN5O/c20-10-1-2-14(21)12(7-10)13-8-16(17(9-22)26-19(13)27)25-15-4-6-24-18-11(15)3-5-23-18/h3-8H,1-2H2,(H,26,27)(H2,23,24,25). The summed E-state index contributed by atoms with van der Waals surface area (Å²) in [5, 5.41) is 13.8. The lowest BCUT2D eigenvalue weighted by Crippen LogP contribution is -2.16. The zero-order chi connectivity index (χ0) is 19.0. The van der Waals surface area contributed by atoms with Gasteiger partial charge >= 0.3 is 0 Å².